The van der Waals surface area contributed by atoms with E-state index in [2.05, 4.69) is 37.0 Å². The van der Waals surface area contributed by atoms with Gasteiger partial charge >= 0.3 is 5.97 Å². The molecule has 1 aliphatic rings. The van der Waals surface area contributed by atoms with Crippen molar-refractivity contribution in [2.24, 2.45) is 5.92 Å². The van der Waals surface area contributed by atoms with Gasteiger partial charge in [0.25, 0.3) is 0 Å². The number of carbonyl (C=O) groups excluding carboxylic acids is 2. The van der Waals surface area contributed by atoms with Gasteiger partial charge < -0.3 is 9.64 Å². The summed E-state index contributed by atoms with van der Waals surface area (Å²) in [6, 6.07) is 8.34. The molecule has 0 aliphatic carbocycles. The van der Waals surface area contributed by atoms with Gasteiger partial charge in [0, 0.05) is 31.0 Å². The van der Waals surface area contributed by atoms with Gasteiger partial charge in [-0.2, -0.15) is 5.10 Å². The van der Waals surface area contributed by atoms with Gasteiger partial charge in [-0.1, -0.05) is 23.9 Å². The number of ether oxygens (including phenoxy) is 1. The summed E-state index contributed by atoms with van der Waals surface area (Å²) in [5.74, 6) is 0.124. The number of rotatable bonds is 6. The maximum absolute atomic E-state index is 12.7. The number of carbonyl (C=O) groups is 2. The van der Waals surface area contributed by atoms with Gasteiger partial charge in [0.05, 0.1) is 29.5 Å². The van der Waals surface area contributed by atoms with Crippen LogP contribution in [0.2, 0.25) is 0 Å². The summed E-state index contributed by atoms with van der Waals surface area (Å²) in [7, 11) is 0. The lowest BCUT2D eigenvalue weighted by molar-refractivity contribution is -0.151. The van der Waals surface area contributed by atoms with Crippen molar-refractivity contribution in [1.29, 1.82) is 0 Å². The van der Waals surface area contributed by atoms with E-state index in [0.717, 1.165) is 21.8 Å². The Morgan fingerprint density at radius 3 is 2.66 bits per heavy atom. The Hall–Kier alpha value is -2.87. The van der Waals surface area contributed by atoms with Gasteiger partial charge in [0.1, 0.15) is 5.03 Å². The zero-order valence-electron chi connectivity index (χ0n) is 18.7. The third-order valence-corrected chi connectivity index (χ3v) is 6.94. The Morgan fingerprint density at radius 1 is 1.16 bits per heavy atom. The van der Waals surface area contributed by atoms with Gasteiger partial charge in [0.2, 0.25) is 5.91 Å². The normalized spacial score (nSPS) is 14.7. The molecule has 3 aromatic rings. The molecule has 8 heteroatoms. The average molecular weight is 453 g/mol. The summed E-state index contributed by atoms with van der Waals surface area (Å²) >= 11 is 1.43. The molecule has 1 saturated heterocycles. The van der Waals surface area contributed by atoms with Crippen LogP contribution in [0.15, 0.2) is 41.7 Å². The van der Waals surface area contributed by atoms with E-state index in [0.29, 0.717) is 38.3 Å². The van der Waals surface area contributed by atoms with Crippen LogP contribution >= 0.6 is 11.8 Å². The summed E-state index contributed by atoms with van der Waals surface area (Å²) in [6.07, 6.45) is 4.85. The lowest BCUT2D eigenvalue weighted by Crippen LogP contribution is -2.41. The molecule has 32 heavy (non-hydrogen) atoms. The molecular formula is C24H28N4O3S. The molecule has 0 unspecified atom stereocenters. The summed E-state index contributed by atoms with van der Waals surface area (Å²) < 4.78 is 6.92. The number of thioether (sulfide) groups is 1. The molecule has 1 fully saturated rings. The van der Waals surface area contributed by atoms with Gasteiger partial charge in [0.15, 0.2) is 0 Å². The maximum atomic E-state index is 12.7. The Bertz CT molecular complexity index is 1140. The summed E-state index contributed by atoms with van der Waals surface area (Å²) in [5.41, 5.74) is 5.31. The minimum absolute atomic E-state index is 0.0648. The first-order valence-electron chi connectivity index (χ1n) is 11.0. The summed E-state index contributed by atoms with van der Waals surface area (Å²) in [6.45, 7) is 7.57. The molecule has 0 bridgehead atoms. The molecule has 0 spiro atoms. The molecule has 1 amide bonds. The molecule has 1 aromatic carbocycles. The van der Waals surface area contributed by atoms with Crippen molar-refractivity contribution in [1.82, 2.24) is 19.5 Å². The molecule has 2 aromatic heterocycles. The number of likely N-dealkylation sites (tertiary alicyclic amines) is 1. The number of piperidine rings is 1. The molecular weight excluding hydrogens is 424 g/mol. The van der Waals surface area contributed by atoms with E-state index < -0.39 is 0 Å². The van der Waals surface area contributed by atoms with Crippen LogP contribution in [0.1, 0.15) is 30.9 Å². The minimum atomic E-state index is -0.148. The number of hydrogen-bond acceptors (Lipinski definition) is 6. The van der Waals surface area contributed by atoms with Gasteiger partial charge in [-0.25, -0.2) is 9.50 Å². The van der Waals surface area contributed by atoms with Crippen LogP contribution in [0.25, 0.3) is 16.8 Å². The lowest BCUT2D eigenvalue weighted by Gasteiger charge is -2.30. The van der Waals surface area contributed by atoms with Crippen LogP contribution in [-0.2, 0) is 14.3 Å². The standard InChI is InChI=1S/C24H28N4O3S/c1-4-31-24(30)18-7-10-27(11-8-18)22(29)15-32-23-21-14-20(26-28(21)12-9-25-23)19-6-5-16(2)17(3)13-19/h5-6,9,12-14,18H,4,7-8,10-11,15H2,1-3H3. The second-order valence-corrected chi connectivity index (χ2v) is 9.05. The minimum Gasteiger partial charge on any atom is -0.466 e. The van der Waals surface area contributed by atoms with E-state index in [1.54, 1.807) is 6.20 Å². The molecule has 3 heterocycles. The topological polar surface area (TPSA) is 76.8 Å². The van der Waals surface area contributed by atoms with E-state index in [1.165, 1.54) is 22.9 Å². The van der Waals surface area contributed by atoms with E-state index in [-0.39, 0.29) is 17.8 Å². The second kappa shape index (κ2) is 9.73. The predicted octanol–water partition coefficient (Wildman–Crippen LogP) is 3.91. The van der Waals surface area contributed by atoms with Crippen molar-refractivity contribution in [3.8, 4) is 11.3 Å². The predicted molar refractivity (Wildman–Crippen MR) is 125 cm³/mol. The fourth-order valence-corrected chi connectivity index (χ4v) is 4.78. The summed E-state index contributed by atoms with van der Waals surface area (Å²) in [4.78, 5) is 31.0. The van der Waals surface area contributed by atoms with Gasteiger partial charge in [-0.3, -0.25) is 9.59 Å². The van der Waals surface area contributed by atoms with Crippen molar-refractivity contribution in [2.75, 3.05) is 25.4 Å². The number of amides is 1. The number of fused-ring (bicyclic) bond motifs is 1. The maximum Gasteiger partial charge on any atom is 0.309 e. The van der Waals surface area contributed by atoms with Crippen molar-refractivity contribution < 1.29 is 14.3 Å². The highest BCUT2D eigenvalue weighted by Crippen LogP contribution is 2.28. The largest absolute Gasteiger partial charge is 0.466 e. The number of aryl methyl sites for hydroxylation is 2. The summed E-state index contributed by atoms with van der Waals surface area (Å²) in [5, 5.41) is 5.48. The number of esters is 1. The van der Waals surface area contributed by atoms with Crippen LogP contribution < -0.4 is 0 Å². The number of aromatic nitrogens is 3. The molecule has 4 rings (SSSR count). The first-order valence-corrected chi connectivity index (χ1v) is 11.9. The average Bonchev–Trinajstić information content (AvgIpc) is 3.24. The Morgan fingerprint density at radius 2 is 1.94 bits per heavy atom. The first kappa shape index (κ1) is 22.3. The van der Waals surface area contributed by atoms with E-state index >= 15 is 0 Å². The third kappa shape index (κ3) is 4.80. The molecule has 7 nitrogen and oxygen atoms in total. The van der Waals surface area contributed by atoms with E-state index in [4.69, 9.17) is 9.84 Å². The zero-order valence-corrected chi connectivity index (χ0v) is 19.5. The van der Waals surface area contributed by atoms with Crippen LogP contribution in [-0.4, -0.2) is 56.8 Å². The van der Waals surface area contributed by atoms with Crippen LogP contribution in [0.4, 0.5) is 0 Å². The lowest BCUT2D eigenvalue weighted by atomic mass is 9.97. The van der Waals surface area contributed by atoms with Gasteiger partial charge in [-0.15, -0.1) is 0 Å². The molecule has 0 N–H and O–H groups in total. The second-order valence-electron chi connectivity index (χ2n) is 8.09. The Balaban J connectivity index is 1.41. The van der Waals surface area contributed by atoms with Crippen molar-refractivity contribution in [3.05, 3.63) is 47.8 Å². The SMILES string of the molecule is CCOC(=O)C1CCN(C(=O)CSc2nccn3nc(-c4ccc(C)c(C)c4)cc23)CC1. The molecule has 0 saturated carbocycles. The Labute approximate surface area is 192 Å². The number of benzene rings is 1. The fraction of sp³-hybridized carbons (Fsp3) is 0.417. The monoisotopic (exact) mass is 452 g/mol. The number of nitrogens with zero attached hydrogens (tertiary/aromatic N) is 4. The highest BCUT2D eigenvalue weighted by molar-refractivity contribution is 8.00. The van der Waals surface area contributed by atoms with Crippen molar-refractivity contribution in [3.63, 3.8) is 0 Å². The van der Waals surface area contributed by atoms with E-state index in [9.17, 15) is 9.59 Å². The van der Waals surface area contributed by atoms with Crippen LogP contribution in [0.3, 0.4) is 0 Å². The molecule has 168 valence electrons. The zero-order chi connectivity index (χ0) is 22.7. The first-order chi connectivity index (χ1) is 15.5. The molecule has 0 radical (unpaired) electrons. The molecule has 1 aliphatic heterocycles. The van der Waals surface area contributed by atoms with Crippen molar-refractivity contribution >= 4 is 29.2 Å². The van der Waals surface area contributed by atoms with E-state index in [1.807, 2.05) is 28.6 Å². The third-order valence-electron chi connectivity index (χ3n) is 5.96. The highest BCUT2D eigenvalue weighted by atomic mass is 32.2. The van der Waals surface area contributed by atoms with Crippen LogP contribution in [0, 0.1) is 19.8 Å². The van der Waals surface area contributed by atoms with Crippen molar-refractivity contribution in [2.45, 2.75) is 38.6 Å². The quantitative estimate of drug-likeness (QED) is 0.417. The number of hydrogen-bond donors (Lipinski definition) is 0. The smallest absolute Gasteiger partial charge is 0.309 e. The molecule has 0 atom stereocenters. The fourth-order valence-electron chi connectivity index (χ4n) is 3.90. The van der Waals surface area contributed by atoms with Crippen LogP contribution in [0.5, 0.6) is 0 Å². The van der Waals surface area contributed by atoms with Gasteiger partial charge in [-0.05, 0) is 56.9 Å². The Kier molecular flexibility index (Phi) is 6.79. The highest BCUT2D eigenvalue weighted by Gasteiger charge is 2.28.